The zero-order valence-corrected chi connectivity index (χ0v) is 17.5. The predicted molar refractivity (Wildman–Crippen MR) is 114 cm³/mol. The smallest absolute Gasteiger partial charge is 0.306 e. The molecule has 0 aromatic heterocycles. The summed E-state index contributed by atoms with van der Waals surface area (Å²) in [5.41, 5.74) is -0.0563. The topological polar surface area (TPSA) is 113 Å². The van der Waals surface area contributed by atoms with E-state index in [1.807, 2.05) is 0 Å². The standard InChI is InChI=1S/C20H19FN4O5S/c1-23(2)20(28)31-15-6-3-13(4-7-15)22-19(27)12-9-18(26)24(11-12)14-5-8-16(21)17(10-14)25(29)30/h3-8,10,12H,9,11H2,1-2H3,(H,22,27). The molecule has 0 aliphatic carbocycles. The third kappa shape index (κ3) is 5.18. The van der Waals surface area contributed by atoms with Gasteiger partial charge in [0.2, 0.25) is 17.6 Å². The van der Waals surface area contributed by atoms with E-state index in [0.717, 1.165) is 28.8 Å². The summed E-state index contributed by atoms with van der Waals surface area (Å²) < 4.78 is 13.6. The SMILES string of the molecule is CN(C)C(=O)Sc1ccc(NC(=O)C2CC(=O)N(c3ccc(F)c([N+](=O)[O-])c3)C2)cc1. The molecule has 3 rings (SSSR count). The fourth-order valence-electron chi connectivity index (χ4n) is 2.98. The largest absolute Gasteiger partial charge is 0.339 e. The van der Waals surface area contributed by atoms with Crippen LogP contribution in [0.1, 0.15) is 6.42 Å². The number of nitro benzene ring substituents is 1. The molecule has 3 amide bonds. The number of nitrogens with one attached hydrogen (secondary N) is 1. The highest BCUT2D eigenvalue weighted by atomic mass is 32.2. The van der Waals surface area contributed by atoms with Crippen molar-refractivity contribution in [2.45, 2.75) is 11.3 Å². The highest BCUT2D eigenvalue weighted by Crippen LogP contribution is 2.30. The lowest BCUT2D eigenvalue weighted by molar-refractivity contribution is -0.387. The van der Waals surface area contributed by atoms with Gasteiger partial charge in [-0.05, 0) is 48.2 Å². The lowest BCUT2D eigenvalue weighted by Crippen LogP contribution is -2.28. The normalized spacial score (nSPS) is 15.6. The molecule has 162 valence electrons. The Morgan fingerprint density at radius 3 is 2.52 bits per heavy atom. The molecular formula is C20H19FN4O5S. The summed E-state index contributed by atoms with van der Waals surface area (Å²) in [5.74, 6) is -2.42. The van der Waals surface area contributed by atoms with E-state index < -0.39 is 22.3 Å². The Morgan fingerprint density at radius 2 is 1.90 bits per heavy atom. The Morgan fingerprint density at radius 1 is 1.23 bits per heavy atom. The second kappa shape index (κ2) is 9.13. The van der Waals surface area contributed by atoms with Crippen molar-refractivity contribution in [3.63, 3.8) is 0 Å². The van der Waals surface area contributed by atoms with Crippen LogP contribution in [0, 0.1) is 21.8 Å². The first-order valence-electron chi connectivity index (χ1n) is 9.20. The molecule has 1 N–H and O–H groups in total. The number of amides is 3. The van der Waals surface area contributed by atoms with Gasteiger partial charge >= 0.3 is 5.69 Å². The molecule has 2 aromatic rings. The molecule has 0 saturated carbocycles. The maximum Gasteiger partial charge on any atom is 0.306 e. The predicted octanol–water partition coefficient (Wildman–Crippen LogP) is 3.50. The number of thioether (sulfide) groups is 1. The maximum absolute atomic E-state index is 13.6. The van der Waals surface area contributed by atoms with E-state index in [0.29, 0.717) is 5.69 Å². The average Bonchev–Trinajstić information content (AvgIpc) is 3.11. The number of carbonyl (C=O) groups excluding carboxylic acids is 3. The van der Waals surface area contributed by atoms with Gasteiger partial charge in [0.15, 0.2) is 0 Å². The highest BCUT2D eigenvalue weighted by Gasteiger charge is 2.36. The van der Waals surface area contributed by atoms with Crippen LogP contribution in [0.5, 0.6) is 0 Å². The number of nitro groups is 1. The van der Waals surface area contributed by atoms with Crippen molar-refractivity contribution < 1.29 is 23.7 Å². The fourth-order valence-corrected chi connectivity index (χ4v) is 3.64. The summed E-state index contributed by atoms with van der Waals surface area (Å²) in [4.78, 5) is 50.2. The summed E-state index contributed by atoms with van der Waals surface area (Å²) in [6, 6.07) is 9.89. The molecule has 1 aliphatic rings. The molecule has 1 heterocycles. The minimum atomic E-state index is -0.997. The van der Waals surface area contributed by atoms with Gasteiger partial charge in [0, 0.05) is 43.7 Å². The number of carbonyl (C=O) groups is 3. The van der Waals surface area contributed by atoms with Crippen molar-refractivity contribution in [2.75, 3.05) is 30.9 Å². The molecule has 1 atom stereocenters. The lowest BCUT2D eigenvalue weighted by Gasteiger charge is -2.16. The average molecular weight is 446 g/mol. The molecule has 11 heteroatoms. The number of hydrogen-bond acceptors (Lipinski definition) is 6. The van der Waals surface area contributed by atoms with Crippen molar-refractivity contribution in [1.82, 2.24) is 4.90 Å². The first-order valence-corrected chi connectivity index (χ1v) is 10.0. The molecule has 0 bridgehead atoms. The van der Waals surface area contributed by atoms with Crippen molar-refractivity contribution >= 4 is 45.9 Å². The molecule has 2 aromatic carbocycles. The van der Waals surface area contributed by atoms with Crippen LogP contribution in [-0.2, 0) is 9.59 Å². The van der Waals surface area contributed by atoms with Gasteiger partial charge in [-0.2, -0.15) is 4.39 Å². The number of anilines is 2. The van der Waals surface area contributed by atoms with Crippen LogP contribution < -0.4 is 10.2 Å². The first-order chi connectivity index (χ1) is 14.7. The van der Waals surface area contributed by atoms with Gasteiger partial charge in [-0.25, -0.2) is 0 Å². The van der Waals surface area contributed by atoms with Crippen LogP contribution in [0.25, 0.3) is 0 Å². The monoisotopic (exact) mass is 446 g/mol. The Hall–Kier alpha value is -3.47. The van der Waals surface area contributed by atoms with E-state index in [9.17, 15) is 28.9 Å². The van der Waals surface area contributed by atoms with Crippen LogP contribution in [-0.4, -0.2) is 47.5 Å². The molecule has 31 heavy (non-hydrogen) atoms. The molecular weight excluding hydrogens is 427 g/mol. The van der Waals surface area contributed by atoms with Gasteiger partial charge in [-0.15, -0.1) is 0 Å². The Kier molecular flexibility index (Phi) is 6.54. The van der Waals surface area contributed by atoms with Gasteiger partial charge in [0.25, 0.3) is 5.24 Å². The van der Waals surface area contributed by atoms with E-state index in [4.69, 9.17) is 0 Å². The lowest BCUT2D eigenvalue weighted by atomic mass is 10.1. The zero-order valence-electron chi connectivity index (χ0n) is 16.7. The van der Waals surface area contributed by atoms with Crippen molar-refractivity contribution in [3.8, 4) is 0 Å². The molecule has 9 nitrogen and oxygen atoms in total. The van der Waals surface area contributed by atoms with Gasteiger partial charge in [0.1, 0.15) is 0 Å². The third-order valence-electron chi connectivity index (χ3n) is 4.63. The minimum Gasteiger partial charge on any atom is -0.339 e. The van der Waals surface area contributed by atoms with Crippen LogP contribution in [0.4, 0.5) is 26.2 Å². The zero-order chi connectivity index (χ0) is 22.7. The fraction of sp³-hybridized carbons (Fsp3) is 0.250. The van der Waals surface area contributed by atoms with E-state index in [1.165, 1.54) is 15.9 Å². The van der Waals surface area contributed by atoms with E-state index in [2.05, 4.69) is 5.32 Å². The third-order valence-corrected chi connectivity index (χ3v) is 5.67. The van der Waals surface area contributed by atoms with Gasteiger partial charge < -0.3 is 15.1 Å². The summed E-state index contributed by atoms with van der Waals surface area (Å²) in [7, 11) is 3.31. The quantitative estimate of drug-likeness (QED) is 0.427. The van der Waals surface area contributed by atoms with Crippen LogP contribution in [0.15, 0.2) is 47.4 Å². The molecule has 1 saturated heterocycles. The maximum atomic E-state index is 13.6. The van der Waals surface area contributed by atoms with E-state index in [1.54, 1.807) is 38.4 Å². The summed E-state index contributed by atoms with van der Waals surface area (Å²) in [5, 5.41) is 13.5. The number of benzene rings is 2. The van der Waals surface area contributed by atoms with Crippen molar-refractivity contribution in [2.24, 2.45) is 5.92 Å². The molecule has 0 spiro atoms. The molecule has 1 fully saturated rings. The van der Waals surface area contributed by atoms with Crippen molar-refractivity contribution in [1.29, 1.82) is 0 Å². The summed E-state index contributed by atoms with van der Waals surface area (Å²) in [6.45, 7) is 0.0265. The Balaban J connectivity index is 1.65. The number of halogens is 1. The van der Waals surface area contributed by atoms with Gasteiger partial charge in [-0.1, -0.05) is 0 Å². The second-order valence-corrected chi connectivity index (χ2v) is 8.10. The number of hydrogen-bond donors (Lipinski definition) is 1. The number of rotatable bonds is 5. The Bertz CT molecular complexity index is 1040. The summed E-state index contributed by atoms with van der Waals surface area (Å²) in [6.07, 6.45) is -0.0672. The van der Waals surface area contributed by atoms with Gasteiger partial charge in [-0.3, -0.25) is 24.5 Å². The van der Waals surface area contributed by atoms with Crippen LogP contribution in [0.2, 0.25) is 0 Å². The first kappa shape index (κ1) is 22.2. The minimum absolute atomic E-state index is 0.0265. The molecule has 1 aliphatic heterocycles. The van der Waals surface area contributed by atoms with E-state index in [-0.39, 0.29) is 35.7 Å². The van der Waals surface area contributed by atoms with E-state index >= 15 is 0 Å². The highest BCUT2D eigenvalue weighted by molar-refractivity contribution is 8.13. The van der Waals surface area contributed by atoms with Crippen LogP contribution in [0.3, 0.4) is 0 Å². The van der Waals surface area contributed by atoms with Crippen molar-refractivity contribution in [3.05, 3.63) is 58.4 Å². The molecule has 1 unspecified atom stereocenters. The molecule has 0 radical (unpaired) electrons. The Labute approximate surface area is 181 Å². The van der Waals surface area contributed by atoms with Gasteiger partial charge in [0.05, 0.1) is 16.5 Å². The second-order valence-electron chi connectivity index (χ2n) is 7.07. The number of nitrogens with zero attached hydrogens (tertiary/aromatic N) is 3. The summed E-state index contributed by atoms with van der Waals surface area (Å²) >= 11 is 1.06. The van der Waals surface area contributed by atoms with Crippen LogP contribution >= 0.6 is 11.8 Å².